The van der Waals surface area contributed by atoms with Crippen LogP contribution in [0.4, 0.5) is 0 Å². The van der Waals surface area contributed by atoms with Crippen LogP contribution in [0, 0.1) is 0 Å². The Morgan fingerprint density at radius 2 is 2.24 bits per heavy atom. The first-order chi connectivity index (χ1) is 10.1. The van der Waals surface area contributed by atoms with Crippen molar-refractivity contribution in [1.29, 1.82) is 0 Å². The molecule has 7 heteroatoms. The zero-order valence-corrected chi connectivity index (χ0v) is 12.1. The number of nitrogens with one attached hydrogen (secondary N) is 1. The summed E-state index contributed by atoms with van der Waals surface area (Å²) in [4.78, 5) is 29.1. The topological polar surface area (TPSA) is 92.3 Å². The Morgan fingerprint density at radius 3 is 2.95 bits per heavy atom. The van der Waals surface area contributed by atoms with Gasteiger partial charge in [-0.1, -0.05) is 23.9 Å². The second-order valence-electron chi connectivity index (χ2n) is 4.16. The van der Waals surface area contributed by atoms with Crippen LogP contribution in [0.5, 0.6) is 5.75 Å². The molecule has 21 heavy (non-hydrogen) atoms. The van der Waals surface area contributed by atoms with Crippen LogP contribution >= 0.6 is 11.8 Å². The van der Waals surface area contributed by atoms with E-state index in [4.69, 9.17) is 9.84 Å². The molecule has 2 N–H and O–H groups in total. The highest BCUT2D eigenvalue weighted by molar-refractivity contribution is 7.99. The summed E-state index contributed by atoms with van der Waals surface area (Å²) >= 11 is 1.20. The quantitative estimate of drug-likeness (QED) is 0.626. The average molecular weight is 306 g/mol. The summed E-state index contributed by atoms with van der Waals surface area (Å²) in [6.45, 7) is 0. The molecule has 0 saturated heterocycles. The number of aromatic amines is 1. The predicted octanol–water partition coefficient (Wildman–Crippen LogP) is 2.01. The summed E-state index contributed by atoms with van der Waals surface area (Å²) in [5.41, 5.74) is 1.01. The Balaban J connectivity index is 2.25. The third-order valence-corrected chi connectivity index (χ3v) is 3.52. The third-order valence-electron chi connectivity index (χ3n) is 2.64. The maximum atomic E-state index is 11.7. The minimum Gasteiger partial charge on any atom is -0.497 e. The van der Waals surface area contributed by atoms with Crippen molar-refractivity contribution in [2.24, 2.45) is 0 Å². The Morgan fingerprint density at radius 1 is 1.43 bits per heavy atom. The number of hydrogen-bond acceptors (Lipinski definition) is 5. The highest BCUT2D eigenvalue weighted by Crippen LogP contribution is 2.23. The molecule has 1 heterocycles. The smallest absolute Gasteiger partial charge is 0.304 e. The Hall–Kier alpha value is -2.28. The molecule has 0 aliphatic heterocycles. The lowest BCUT2D eigenvalue weighted by atomic mass is 10.1. The first-order valence-corrected chi connectivity index (χ1v) is 7.17. The standard InChI is InChI=1S/C14H14N2O4S/c1-20-10-4-2-3-9(7-10)11-8-12(17)16-14(15-11)21-6-5-13(18)19/h2-4,7-8H,5-6H2,1H3,(H,18,19)(H,15,16,17). The molecular formula is C14H14N2O4S. The number of hydrogen-bond donors (Lipinski definition) is 2. The molecular weight excluding hydrogens is 292 g/mol. The summed E-state index contributed by atoms with van der Waals surface area (Å²) < 4.78 is 5.14. The third kappa shape index (κ3) is 4.35. The van der Waals surface area contributed by atoms with Crippen LogP contribution in [-0.4, -0.2) is 33.9 Å². The Labute approximate surface area is 125 Å². The van der Waals surface area contributed by atoms with E-state index in [1.165, 1.54) is 17.8 Å². The number of aliphatic carboxylic acids is 1. The van der Waals surface area contributed by atoms with Crippen LogP contribution < -0.4 is 10.3 Å². The fraction of sp³-hybridized carbons (Fsp3) is 0.214. The van der Waals surface area contributed by atoms with E-state index in [9.17, 15) is 9.59 Å². The number of carboxylic acid groups (broad SMARTS) is 1. The van der Waals surface area contributed by atoms with Gasteiger partial charge in [0.1, 0.15) is 5.75 Å². The van der Waals surface area contributed by atoms with Crippen molar-refractivity contribution >= 4 is 17.7 Å². The van der Waals surface area contributed by atoms with Crippen LogP contribution in [-0.2, 0) is 4.79 Å². The number of benzene rings is 1. The fourth-order valence-corrected chi connectivity index (χ4v) is 2.47. The molecule has 0 spiro atoms. The summed E-state index contributed by atoms with van der Waals surface area (Å²) in [6, 6.07) is 8.63. The van der Waals surface area contributed by atoms with E-state index in [1.807, 2.05) is 12.1 Å². The van der Waals surface area contributed by atoms with Gasteiger partial charge in [-0.2, -0.15) is 0 Å². The van der Waals surface area contributed by atoms with Crippen LogP contribution in [0.3, 0.4) is 0 Å². The van der Waals surface area contributed by atoms with Crippen LogP contribution in [0.2, 0.25) is 0 Å². The average Bonchev–Trinajstić information content (AvgIpc) is 2.46. The lowest BCUT2D eigenvalue weighted by Crippen LogP contribution is -2.08. The SMILES string of the molecule is COc1cccc(-c2cc(=O)[nH]c(SCCC(=O)O)n2)c1. The molecule has 0 amide bonds. The number of methoxy groups -OCH3 is 1. The summed E-state index contributed by atoms with van der Waals surface area (Å²) in [5, 5.41) is 9.02. The van der Waals surface area contributed by atoms with Crippen LogP contribution in [0.25, 0.3) is 11.3 Å². The maximum Gasteiger partial charge on any atom is 0.304 e. The Bertz CT molecular complexity index is 699. The molecule has 0 aliphatic rings. The van der Waals surface area contributed by atoms with Gasteiger partial charge in [0.2, 0.25) is 0 Å². The van der Waals surface area contributed by atoms with Crippen molar-refractivity contribution in [3.63, 3.8) is 0 Å². The zero-order valence-electron chi connectivity index (χ0n) is 11.3. The van der Waals surface area contributed by atoms with Gasteiger partial charge in [-0.25, -0.2) is 4.98 Å². The lowest BCUT2D eigenvalue weighted by molar-refractivity contribution is -0.136. The van der Waals surface area contributed by atoms with E-state index < -0.39 is 5.97 Å². The number of carbonyl (C=O) groups is 1. The van der Waals surface area contributed by atoms with E-state index >= 15 is 0 Å². The minimum absolute atomic E-state index is 0.0117. The molecule has 6 nitrogen and oxygen atoms in total. The van der Waals surface area contributed by atoms with Crippen molar-refractivity contribution in [2.75, 3.05) is 12.9 Å². The number of aromatic nitrogens is 2. The van der Waals surface area contributed by atoms with Gasteiger partial charge in [0.25, 0.3) is 5.56 Å². The zero-order chi connectivity index (χ0) is 15.2. The highest BCUT2D eigenvalue weighted by atomic mass is 32.2. The molecule has 0 radical (unpaired) electrons. The van der Waals surface area contributed by atoms with Crippen LogP contribution in [0.15, 0.2) is 40.3 Å². The van der Waals surface area contributed by atoms with Gasteiger partial charge < -0.3 is 14.8 Å². The van der Waals surface area contributed by atoms with Gasteiger partial charge in [0.05, 0.1) is 19.2 Å². The predicted molar refractivity (Wildman–Crippen MR) is 79.8 cm³/mol. The molecule has 1 aromatic carbocycles. The van der Waals surface area contributed by atoms with Gasteiger partial charge in [-0.15, -0.1) is 0 Å². The second kappa shape index (κ2) is 6.94. The highest BCUT2D eigenvalue weighted by Gasteiger charge is 2.06. The first-order valence-electron chi connectivity index (χ1n) is 6.19. The molecule has 1 aromatic heterocycles. The molecule has 2 rings (SSSR count). The minimum atomic E-state index is -0.881. The number of rotatable bonds is 6. The second-order valence-corrected chi connectivity index (χ2v) is 5.24. The van der Waals surface area contributed by atoms with Crippen LogP contribution in [0.1, 0.15) is 6.42 Å². The number of thioether (sulfide) groups is 1. The van der Waals surface area contributed by atoms with Gasteiger partial charge in [-0.3, -0.25) is 9.59 Å². The lowest BCUT2D eigenvalue weighted by Gasteiger charge is -2.05. The van der Waals surface area contributed by atoms with E-state index in [-0.39, 0.29) is 12.0 Å². The van der Waals surface area contributed by atoms with Crippen molar-refractivity contribution in [3.8, 4) is 17.0 Å². The van der Waals surface area contributed by atoms with Gasteiger partial charge >= 0.3 is 5.97 Å². The summed E-state index contributed by atoms with van der Waals surface area (Å²) in [6.07, 6.45) is 0.0117. The van der Waals surface area contributed by atoms with Gasteiger partial charge in [0, 0.05) is 17.4 Å². The van der Waals surface area contributed by atoms with E-state index in [1.54, 1.807) is 19.2 Å². The first kappa shape index (κ1) is 15.1. The molecule has 0 unspecified atom stereocenters. The monoisotopic (exact) mass is 306 g/mol. The molecule has 0 atom stereocenters. The van der Waals surface area contributed by atoms with Crippen molar-refractivity contribution in [3.05, 3.63) is 40.7 Å². The normalized spacial score (nSPS) is 10.3. The molecule has 2 aromatic rings. The van der Waals surface area contributed by atoms with Gasteiger partial charge in [0.15, 0.2) is 5.16 Å². The molecule has 0 saturated carbocycles. The fourth-order valence-electron chi connectivity index (χ4n) is 1.67. The molecule has 0 bridgehead atoms. The summed E-state index contributed by atoms with van der Waals surface area (Å²) in [7, 11) is 1.57. The van der Waals surface area contributed by atoms with E-state index in [2.05, 4.69) is 9.97 Å². The van der Waals surface area contributed by atoms with E-state index in [0.717, 1.165) is 5.56 Å². The van der Waals surface area contributed by atoms with Crippen molar-refractivity contribution < 1.29 is 14.6 Å². The molecule has 0 fully saturated rings. The largest absolute Gasteiger partial charge is 0.497 e. The van der Waals surface area contributed by atoms with Crippen molar-refractivity contribution in [2.45, 2.75) is 11.6 Å². The van der Waals surface area contributed by atoms with Crippen molar-refractivity contribution in [1.82, 2.24) is 9.97 Å². The number of H-pyrrole nitrogens is 1. The Kier molecular flexibility index (Phi) is 4.99. The summed E-state index contributed by atoms with van der Waals surface area (Å²) in [5.74, 6) is 0.142. The molecule has 110 valence electrons. The number of ether oxygens (including phenoxy) is 1. The number of nitrogens with zero attached hydrogens (tertiary/aromatic N) is 1. The molecule has 0 aliphatic carbocycles. The maximum absolute atomic E-state index is 11.7. The number of carboxylic acids is 1. The van der Waals surface area contributed by atoms with Gasteiger partial charge in [-0.05, 0) is 12.1 Å². The van der Waals surface area contributed by atoms with E-state index in [0.29, 0.717) is 22.4 Å².